The zero-order valence-corrected chi connectivity index (χ0v) is 10.6. The average Bonchev–Trinajstić information content (AvgIpc) is 2.35. The van der Waals surface area contributed by atoms with Gasteiger partial charge in [-0.3, -0.25) is 0 Å². The normalized spacial score (nSPS) is 15.8. The van der Waals surface area contributed by atoms with Crippen molar-refractivity contribution >= 4 is 28.9 Å². The molecular formula is C13H15Cl2N. The van der Waals surface area contributed by atoms with Gasteiger partial charge in [-0.15, -0.1) is 0 Å². The van der Waals surface area contributed by atoms with Gasteiger partial charge in [-0.25, -0.2) is 0 Å². The molecule has 0 bridgehead atoms. The lowest BCUT2D eigenvalue weighted by molar-refractivity contribution is 0.686. The summed E-state index contributed by atoms with van der Waals surface area (Å²) in [5.41, 5.74) is 5.54. The van der Waals surface area contributed by atoms with Gasteiger partial charge in [-0.05, 0) is 42.9 Å². The molecule has 1 aliphatic rings. The van der Waals surface area contributed by atoms with Gasteiger partial charge in [0.1, 0.15) is 0 Å². The molecule has 0 amide bonds. The smallest absolute Gasteiger partial charge is 0.0516 e. The van der Waals surface area contributed by atoms with E-state index in [9.17, 15) is 0 Å². The zero-order chi connectivity index (χ0) is 11.4. The first kappa shape index (κ1) is 11.8. The van der Waals surface area contributed by atoms with Crippen molar-refractivity contribution in [2.45, 2.75) is 25.7 Å². The monoisotopic (exact) mass is 255 g/mol. The summed E-state index contributed by atoms with van der Waals surface area (Å²) >= 11 is 11.4. The standard InChI is InChI=1S/C13H15Cl2N/c14-8-11(15)9-16-13-7-3-5-10-4-1-2-6-12(10)13/h3,5,7-8,16H,1-2,4,6,9H2. The molecule has 1 aromatic rings. The Hall–Kier alpha value is -0.660. The Morgan fingerprint density at radius 1 is 1.31 bits per heavy atom. The Bertz CT molecular complexity index is 399. The van der Waals surface area contributed by atoms with Crippen LogP contribution in [0.1, 0.15) is 24.0 Å². The van der Waals surface area contributed by atoms with Crippen LogP contribution in [-0.2, 0) is 12.8 Å². The second-order valence-electron chi connectivity index (χ2n) is 4.06. The van der Waals surface area contributed by atoms with E-state index < -0.39 is 0 Å². The van der Waals surface area contributed by atoms with E-state index in [4.69, 9.17) is 23.2 Å². The van der Waals surface area contributed by atoms with Gasteiger partial charge in [-0.2, -0.15) is 0 Å². The van der Waals surface area contributed by atoms with Crippen molar-refractivity contribution < 1.29 is 0 Å². The van der Waals surface area contributed by atoms with Crippen LogP contribution in [0.25, 0.3) is 0 Å². The summed E-state index contributed by atoms with van der Waals surface area (Å²) in [6.07, 6.45) is 4.95. The summed E-state index contributed by atoms with van der Waals surface area (Å²) in [6.45, 7) is 0.599. The quantitative estimate of drug-likeness (QED) is 0.850. The molecule has 0 saturated carbocycles. The van der Waals surface area contributed by atoms with Crippen molar-refractivity contribution in [3.05, 3.63) is 39.9 Å². The van der Waals surface area contributed by atoms with E-state index in [1.165, 1.54) is 48.0 Å². The molecule has 0 atom stereocenters. The van der Waals surface area contributed by atoms with Crippen LogP contribution in [0.3, 0.4) is 0 Å². The third-order valence-corrected chi connectivity index (χ3v) is 3.58. The highest BCUT2D eigenvalue weighted by Crippen LogP contribution is 2.28. The maximum absolute atomic E-state index is 5.87. The number of aryl methyl sites for hydroxylation is 1. The molecule has 0 aromatic heterocycles. The first-order valence-corrected chi connectivity index (χ1v) is 6.42. The first-order chi connectivity index (χ1) is 7.81. The highest BCUT2D eigenvalue weighted by molar-refractivity contribution is 6.36. The molecule has 1 aromatic carbocycles. The molecule has 0 fully saturated rings. The summed E-state index contributed by atoms with van der Waals surface area (Å²) in [6, 6.07) is 6.44. The minimum atomic E-state index is 0.599. The van der Waals surface area contributed by atoms with Gasteiger partial charge in [0.2, 0.25) is 0 Å². The van der Waals surface area contributed by atoms with Gasteiger partial charge in [-0.1, -0.05) is 35.3 Å². The molecule has 3 heteroatoms. The number of nitrogens with one attached hydrogen (secondary N) is 1. The van der Waals surface area contributed by atoms with Gasteiger partial charge < -0.3 is 5.32 Å². The molecule has 1 N–H and O–H groups in total. The number of halogens is 2. The van der Waals surface area contributed by atoms with E-state index in [-0.39, 0.29) is 0 Å². The van der Waals surface area contributed by atoms with Crippen molar-refractivity contribution in [1.29, 1.82) is 0 Å². The van der Waals surface area contributed by atoms with E-state index in [1.54, 1.807) is 0 Å². The van der Waals surface area contributed by atoms with Crippen LogP contribution in [-0.4, -0.2) is 6.54 Å². The molecule has 0 aliphatic heterocycles. The highest BCUT2D eigenvalue weighted by Gasteiger charge is 2.12. The predicted octanol–water partition coefficient (Wildman–Crippen LogP) is 4.30. The molecule has 2 rings (SSSR count). The summed E-state index contributed by atoms with van der Waals surface area (Å²) in [4.78, 5) is 0. The second-order valence-corrected chi connectivity index (χ2v) is 4.76. The van der Waals surface area contributed by atoms with Gasteiger partial charge >= 0.3 is 0 Å². The Morgan fingerprint density at radius 3 is 2.94 bits per heavy atom. The minimum Gasteiger partial charge on any atom is -0.380 e. The number of rotatable bonds is 3. The molecule has 0 saturated heterocycles. The summed E-state index contributed by atoms with van der Waals surface area (Å²) in [7, 11) is 0. The third kappa shape index (κ3) is 2.72. The Kier molecular flexibility index (Phi) is 4.14. The van der Waals surface area contributed by atoms with Crippen molar-refractivity contribution in [3.63, 3.8) is 0 Å². The van der Waals surface area contributed by atoms with Crippen LogP contribution in [0, 0.1) is 0 Å². The predicted molar refractivity (Wildman–Crippen MR) is 71.4 cm³/mol. The second kappa shape index (κ2) is 5.60. The number of anilines is 1. The topological polar surface area (TPSA) is 12.0 Å². The van der Waals surface area contributed by atoms with E-state index in [0.717, 1.165) is 0 Å². The molecule has 86 valence electrons. The fourth-order valence-corrected chi connectivity index (χ4v) is 2.31. The van der Waals surface area contributed by atoms with Crippen LogP contribution < -0.4 is 5.32 Å². The first-order valence-electron chi connectivity index (χ1n) is 5.60. The summed E-state index contributed by atoms with van der Waals surface area (Å²) < 4.78 is 0. The molecular weight excluding hydrogens is 241 g/mol. The van der Waals surface area contributed by atoms with Crippen molar-refractivity contribution in [2.24, 2.45) is 0 Å². The number of fused-ring (bicyclic) bond motifs is 1. The van der Waals surface area contributed by atoms with Crippen LogP contribution in [0.2, 0.25) is 0 Å². The third-order valence-electron chi connectivity index (χ3n) is 2.96. The minimum absolute atomic E-state index is 0.599. The molecule has 0 unspecified atom stereocenters. The molecule has 1 aliphatic carbocycles. The maximum atomic E-state index is 5.87. The fourth-order valence-electron chi connectivity index (χ4n) is 2.17. The molecule has 0 radical (unpaired) electrons. The fraction of sp³-hybridized carbons (Fsp3) is 0.385. The largest absolute Gasteiger partial charge is 0.380 e. The van der Waals surface area contributed by atoms with Gasteiger partial charge in [0.05, 0.1) is 6.54 Å². The number of benzene rings is 1. The molecule has 1 nitrogen and oxygen atoms in total. The van der Waals surface area contributed by atoms with Crippen molar-refractivity contribution in [2.75, 3.05) is 11.9 Å². The van der Waals surface area contributed by atoms with Gasteiger partial charge in [0.25, 0.3) is 0 Å². The molecule has 0 spiro atoms. The number of hydrogen-bond acceptors (Lipinski definition) is 1. The van der Waals surface area contributed by atoms with E-state index in [0.29, 0.717) is 11.6 Å². The van der Waals surface area contributed by atoms with Crippen molar-refractivity contribution in [1.82, 2.24) is 0 Å². The SMILES string of the molecule is ClC=C(Cl)CNc1cccc2c1CCCC2. The maximum Gasteiger partial charge on any atom is 0.0516 e. The lowest BCUT2D eigenvalue weighted by Gasteiger charge is -2.20. The zero-order valence-electron chi connectivity index (χ0n) is 9.10. The van der Waals surface area contributed by atoms with E-state index in [2.05, 4.69) is 23.5 Å². The van der Waals surface area contributed by atoms with Crippen molar-refractivity contribution in [3.8, 4) is 0 Å². The lowest BCUT2D eigenvalue weighted by atomic mass is 9.90. The molecule has 16 heavy (non-hydrogen) atoms. The van der Waals surface area contributed by atoms with Crippen LogP contribution >= 0.6 is 23.2 Å². The average molecular weight is 256 g/mol. The summed E-state index contributed by atoms with van der Waals surface area (Å²) in [5.74, 6) is 0. The Morgan fingerprint density at radius 2 is 2.12 bits per heavy atom. The van der Waals surface area contributed by atoms with Crippen LogP contribution in [0.15, 0.2) is 28.8 Å². The van der Waals surface area contributed by atoms with Crippen LogP contribution in [0.5, 0.6) is 0 Å². The Balaban J connectivity index is 2.14. The summed E-state index contributed by atoms with van der Waals surface area (Å²) in [5, 5.41) is 3.97. The lowest BCUT2D eigenvalue weighted by Crippen LogP contribution is -2.09. The van der Waals surface area contributed by atoms with Gasteiger partial charge in [0, 0.05) is 16.3 Å². The number of hydrogen-bond donors (Lipinski definition) is 1. The Labute approximate surface area is 106 Å². The molecule has 0 heterocycles. The van der Waals surface area contributed by atoms with E-state index >= 15 is 0 Å². The van der Waals surface area contributed by atoms with Crippen LogP contribution in [0.4, 0.5) is 5.69 Å². The van der Waals surface area contributed by atoms with Gasteiger partial charge in [0.15, 0.2) is 0 Å². The van der Waals surface area contributed by atoms with E-state index in [1.807, 2.05) is 0 Å². The highest BCUT2D eigenvalue weighted by atomic mass is 35.5.